The van der Waals surface area contributed by atoms with Crippen LogP contribution < -0.4 is 14.8 Å². The summed E-state index contributed by atoms with van der Waals surface area (Å²) in [5.41, 5.74) is 3.28. The second-order valence-electron chi connectivity index (χ2n) is 5.69. The van der Waals surface area contributed by atoms with Gasteiger partial charge in [0.05, 0.1) is 0 Å². The van der Waals surface area contributed by atoms with Crippen molar-refractivity contribution in [1.82, 2.24) is 10.3 Å². The van der Waals surface area contributed by atoms with E-state index >= 15 is 0 Å². The van der Waals surface area contributed by atoms with E-state index in [-0.39, 0.29) is 12.7 Å². The van der Waals surface area contributed by atoms with E-state index < -0.39 is 0 Å². The second kappa shape index (κ2) is 5.76. The topological polar surface area (TPSA) is 63.4 Å². The van der Waals surface area contributed by atoms with Crippen molar-refractivity contribution in [3.8, 4) is 11.5 Å². The van der Waals surface area contributed by atoms with Gasteiger partial charge < -0.3 is 19.8 Å². The predicted octanol–water partition coefficient (Wildman–Crippen LogP) is 3.79. The first-order valence-electron chi connectivity index (χ1n) is 7.56. The van der Waals surface area contributed by atoms with Gasteiger partial charge in [-0.1, -0.05) is 17.7 Å². The molecular weight excluding hydrogens is 328 g/mol. The number of benzene rings is 2. The summed E-state index contributed by atoms with van der Waals surface area (Å²) in [7, 11) is 0. The van der Waals surface area contributed by atoms with Crippen molar-refractivity contribution < 1.29 is 14.3 Å². The van der Waals surface area contributed by atoms with Gasteiger partial charge in [-0.2, -0.15) is 0 Å². The van der Waals surface area contributed by atoms with Gasteiger partial charge >= 0.3 is 0 Å². The molecule has 2 heterocycles. The lowest BCUT2D eigenvalue weighted by atomic mass is 10.1. The van der Waals surface area contributed by atoms with Crippen LogP contribution in [0.1, 0.15) is 21.6 Å². The molecule has 0 saturated carbocycles. The highest BCUT2D eigenvalue weighted by Gasteiger charge is 2.16. The molecule has 0 unspecified atom stereocenters. The molecule has 0 spiro atoms. The number of aromatic amines is 1. The van der Waals surface area contributed by atoms with Gasteiger partial charge in [0.1, 0.15) is 5.69 Å². The SMILES string of the molecule is Cc1c(C(=O)NCc2ccc3c(c2)OCO3)[nH]c2ccc(Cl)cc12. The van der Waals surface area contributed by atoms with Crippen molar-refractivity contribution in [3.05, 3.63) is 58.2 Å². The fraction of sp³-hybridized carbons (Fsp3) is 0.167. The third-order valence-corrected chi connectivity index (χ3v) is 4.37. The zero-order chi connectivity index (χ0) is 16.7. The number of rotatable bonds is 3. The molecule has 5 nitrogen and oxygen atoms in total. The summed E-state index contributed by atoms with van der Waals surface area (Å²) in [4.78, 5) is 15.6. The average Bonchev–Trinajstić information content (AvgIpc) is 3.17. The highest BCUT2D eigenvalue weighted by atomic mass is 35.5. The van der Waals surface area contributed by atoms with E-state index in [2.05, 4.69) is 10.3 Å². The summed E-state index contributed by atoms with van der Waals surface area (Å²) in [5, 5.41) is 4.53. The first-order valence-corrected chi connectivity index (χ1v) is 7.94. The fourth-order valence-electron chi connectivity index (χ4n) is 2.85. The maximum Gasteiger partial charge on any atom is 0.268 e. The van der Waals surface area contributed by atoms with Crippen LogP contribution in [0, 0.1) is 6.92 Å². The molecule has 2 N–H and O–H groups in total. The van der Waals surface area contributed by atoms with Crippen molar-refractivity contribution >= 4 is 28.4 Å². The summed E-state index contributed by atoms with van der Waals surface area (Å²) in [6.07, 6.45) is 0. The number of nitrogens with one attached hydrogen (secondary N) is 2. The Bertz CT molecular complexity index is 949. The average molecular weight is 343 g/mol. The summed E-state index contributed by atoms with van der Waals surface area (Å²) in [6.45, 7) is 2.55. The number of ether oxygens (including phenoxy) is 2. The number of aromatic nitrogens is 1. The van der Waals surface area contributed by atoms with Crippen LogP contribution in [0.2, 0.25) is 5.02 Å². The monoisotopic (exact) mass is 342 g/mol. The Kier molecular flexibility index (Phi) is 3.58. The molecule has 1 aromatic heterocycles. The molecule has 4 rings (SSSR count). The van der Waals surface area contributed by atoms with Crippen LogP contribution in [0.4, 0.5) is 0 Å². The van der Waals surface area contributed by atoms with E-state index in [0.29, 0.717) is 23.0 Å². The smallest absolute Gasteiger partial charge is 0.268 e. The molecule has 0 fully saturated rings. The molecule has 1 amide bonds. The molecule has 122 valence electrons. The number of carbonyl (C=O) groups excluding carboxylic acids is 1. The lowest BCUT2D eigenvalue weighted by Crippen LogP contribution is -2.23. The molecule has 0 atom stereocenters. The van der Waals surface area contributed by atoms with Crippen molar-refractivity contribution in [2.24, 2.45) is 0 Å². The van der Waals surface area contributed by atoms with Gasteiger partial charge in [-0.25, -0.2) is 0 Å². The van der Waals surface area contributed by atoms with Crippen LogP contribution in [0.3, 0.4) is 0 Å². The Hall–Kier alpha value is -2.66. The maximum atomic E-state index is 12.5. The van der Waals surface area contributed by atoms with Gasteiger partial charge in [-0.15, -0.1) is 0 Å². The summed E-state index contributed by atoms with van der Waals surface area (Å²) in [6, 6.07) is 11.2. The van der Waals surface area contributed by atoms with Gasteiger partial charge in [0.25, 0.3) is 5.91 Å². The first kappa shape index (κ1) is 14.9. The largest absolute Gasteiger partial charge is 0.454 e. The maximum absolute atomic E-state index is 12.5. The highest BCUT2D eigenvalue weighted by molar-refractivity contribution is 6.31. The lowest BCUT2D eigenvalue weighted by Gasteiger charge is -2.06. The van der Waals surface area contributed by atoms with E-state index in [1.165, 1.54) is 0 Å². The molecule has 0 aliphatic carbocycles. The van der Waals surface area contributed by atoms with E-state index in [9.17, 15) is 4.79 Å². The van der Waals surface area contributed by atoms with Crippen LogP contribution in [-0.2, 0) is 6.54 Å². The molecular formula is C18H15ClN2O3. The van der Waals surface area contributed by atoms with E-state index in [1.807, 2.05) is 37.3 Å². The molecule has 24 heavy (non-hydrogen) atoms. The standard InChI is InChI=1S/C18H15ClN2O3/c1-10-13-7-12(19)3-4-14(13)21-17(10)18(22)20-8-11-2-5-15-16(6-11)24-9-23-15/h2-7,21H,8-9H2,1H3,(H,20,22). The molecule has 1 aliphatic rings. The first-order chi connectivity index (χ1) is 11.6. The van der Waals surface area contributed by atoms with Crippen LogP contribution in [0.15, 0.2) is 36.4 Å². The van der Waals surface area contributed by atoms with E-state index in [1.54, 1.807) is 6.07 Å². The number of hydrogen-bond donors (Lipinski definition) is 2. The Balaban J connectivity index is 1.53. The van der Waals surface area contributed by atoms with Crippen molar-refractivity contribution in [2.75, 3.05) is 6.79 Å². The van der Waals surface area contributed by atoms with Crippen LogP contribution >= 0.6 is 11.6 Å². The zero-order valence-corrected chi connectivity index (χ0v) is 13.7. The summed E-state index contributed by atoms with van der Waals surface area (Å²) in [5.74, 6) is 1.28. The molecule has 0 radical (unpaired) electrons. The number of amides is 1. The summed E-state index contributed by atoms with van der Waals surface area (Å²) < 4.78 is 10.6. The number of halogens is 1. The van der Waals surface area contributed by atoms with Crippen LogP contribution in [0.25, 0.3) is 10.9 Å². The number of H-pyrrole nitrogens is 1. The normalized spacial score (nSPS) is 12.6. The van der Waals surface area contributed by atoms with Crippen molar-refractivity contribution in [3.63, 3.8) is 0 Å². The fourth-order valence-corrected chi connectivity index (χ4v) is 3.02. The number of fused-ring (bicyclic) bond motifs is 2. The molecule has 2 aromatic carbocycles. The van der Waals surface area contributed by atoms with Gasteiger partial charge in [0, 0.05) is 22.5 Å². The molecule has 0 bridgehead atoms. The molecule has 1 aliphatic heterocycles. The van der Waals surface area contributed by atoms with E-state index in [4.69, 9.17) is 21.1 Å². The van der Waals surface area contributed by atoms with Gasteiger partial charge in [-0.3, -0.25) is 4.79 Å². The van der Waals surface area contributed by atoms with Gasteiger partial charge in [0.2, 0.25) is 6.79 Å². The number of hydrogen-bond acceptors (Lipinski definition) is 3. The van der Waals surface area contributed by atoms with Gasteiger partial charge in [-0.05, 0) is 48.4 Å². The van der Waals surface area contributed by atoms with Crippen molar-refractivity contribution in [1.29, 1.82) is 0 Å². The Morgan fingerprint density at radius 3 is 2.92 bits per heavy atom. The van der Waals surface area contributed by atoms with Crippen LogP contribution in [0.5, 0.6) is 11.5 Å². The van der Waals surface area contributed by atoms with Gasteiger partial charge in [0.15, 0.2) is 11.5 Å². The number of carbonyl (C=O) groups is 1. The van der Waals surface area contributed by atoms with Crippen LogP contribution in [-0.4, -0.2) is 17.7 Å². The Morgan fingerprint density at radius 1 is 1.21 bits per heavy atom. The molecule has 3 aromatic rings. The third kappa shape index (κ3) is 2.57. The second-order valence-corrected chi connectivity index (χ2v) is 6.12. The number of aryl methyl sites for hydroxylation is 1. The van der Waals surface area contributed by atoms with E-state index in [0.717, 1.165) is 27.8 Å². The Morgan fingerprint density at radius 2 is 2.04 bits per heavy atom. The predicted molar refractivity (Wildman–Crippen MR) is 91.8 cm³/mol. The third-order valence-electron chi connectivity index (χ3n) is 4.14. The molecule has 0 saturated heterocycles. The van der Waals surface area contributed by atoms with Crippen molar-refractivity contribution in [2.45, 2.75) is 13.5 Å². The minimum atomic E-state index is -0.155. The minimum Gasteiger partial charge on any atom is -0.454 e. The highest BCUT2D eigenvalue weighted by Crippen LogP contribution is 2.32. The molecule has 6 heteroatoms. The Labute approximate surface area is 143 Å². The lowest BCUT2D eigenvalue weighted by molar-refractivity contribution is 0.0946. The minimum absolute atomic E-state index is 0.155. The zero-order valence-electron chi connectivity index (χ0n) is 13.0. The quantitative estimate of drug-likeness (QED) is 0.761. The summed E-state index contributed by atoms with van der Waals surface area (Å²) >= 11 is 6.03.